The normalized spacial score (nSPS) is 26.3. The highest BCUT2D eigenvalue weighted by Crippen LogP contribution is 2.48. The lowest BCUT2D eigenvalue weighted by Gasteiger charge is -2.42. The molecule has 0 saturated carbocycles. The minimum atomic E-state index is -1.35. The van der Waals surface area contributed by atoms with Crippen molar-refractivity contribution in [2.24, 2.45) is 0 Å². The van der Waals surface area contributed by atoms with Crippen LogP contribution in [-0.2, 0) is 32.0 Å². The molecule has 10 atom stereocenters. The molecule has 2 fully saturated rings. The zero-order chi connectivity index (χ0) is 49.4. The molecule has 0 aliphatic carbocycles. The first-order valence-corrected chi connectivity index (χ1v) is 23.9. The monoisotopic (exact) mass is 974 g/mol. The molecule has 4 aromatic heterocycles. The summed E-state index contributed by atoms with van der Waals surface area (Å²) in [6, 6.07) is 31.2. The van der Waals surface area contributed by atoms with E-state index in [-0.39, 0.29) is 18.4 Å². The highest BCUT2D eigenvalue weighted by atomic mass is 16.6. The van der Waals surface area contributed by atoms with Gasteiger partial charge in [-0.05, 0) is 35.4 Å². The lowest BCUT2D eigenvalue weighted by molar-refractivity contribution is -0.255. The molecule has 18 nitrogen and oxygen atoms in total. The quantitative estimate of drug-likeness (QED) is 0.110. The first-order valence-electron chi connectivity index (χ1n) is 23.9. The molecule has 14 rings (SSSR count). The third-order valence-electron chi connectivity index (χ3n) is 15.5. The minimum Gasteiger partial charge on any atom is -0.394 e. The maximum atomic E-state index is 13.2. The van der Waals surface area contributed by atoms with Gasteiger partial charge in [0.1, 0.15) is 48.8 Å². The van der Waals surface area contributed by atoms with Crippen molar-refractivity contribution in [3.05, 3.63) is 119 Å². The van der Waals surface area contributed by atoms with E-state index in [1.165, 1.54) is 14.2 Å². The van der Waals surface area contributed by atoms with E-state index >= 15 is 0 Å². The van der Waals surface area contributed by atoms with Gasteiger partial charge in [0.25, 0.3) is 11.8 Å². The van der Waals surface area contributed by atoms with E-state index in [2.05, 4.69) is 20.6 Å². The molecule has 0 radical (unpaired) electrons. The SMILES string of the molecule is CO[C@H]1[C@H](O)[C@@H](O)[C@H](n2c3ccccc3c3c4c(c5c6ccccc6[nH]c5c32)C(=O)NC4)O[C@@H]1CO.CO[C@H]1[C@H](O)[C@@H](O)[C@H](n2c3ccccc3c3c4c(c5c6ccccc6[nH]c5c32)CNC4=O)O[C@@H]1CO. The first kappa shape index (κ1) is 45.0. The van der Waals surface area contributed by atoms with Crippen LogP contribution < -0.4 is 10.6 Å². The van der Waals surface area contributed by atoms with Crippen LogP contribution in [0.4, 0.5) is 0 Å². The van der Waals surface area contributed by atoms with Crippen LogP contribution in [0.5, 0.6) is 0 Å². The number of hydrogen-bond acceptors (Lipinski definition) is 12. The van der Waals surface area contributed by atoms with Crippen molar-refractivity contribution in [1.82, 2.24) is 29.7 Å². The number of ether oxygens (including phenoxy) is 4. The van der Waals surface area contributed by atoms with Gasteiger partial charge in [-0.3, -0.25) is 9.59 Å². The second-order valence-corrected chi connectivity index (χ2v) is 19.0. The highest BCUT2D eigenvalue weighted by Gasteiger charge is 2.48. The van der Waals surface area contributed by atoms with Gasteiger partial charge in [-0.15, -0.1) is 0 Å². The Balaban J connectivity index is 0.000000140. The number of aliphatic hydroxyl groups is 6. The number of aliphatic hydroxyl groups excluding tert-OH is 6. The molecule has 72 heavy (non-hydrogen) atoms. The molecule has 2 amide bonds. The summed E-state index contributed by atoms with van der Waals surface area (Å²) in [5, 5.41) is 77.4. The van der Waals surface area contributed by atoms with Gasteiger partial charge in [-0.25, -0.2) is 0 Å². The Labute approximate surface area is 407 Å². The van der Waals surface area contributed by atoms with Gasteiger partial charge < -0.3 is 79.3 Å². The van der Waals surface area contributed by atoms with Crippen LogP contribution >= 0.6 is 0 Å². The zero-order valence-electron chi connectivity index (χ0n) is 38.9. The molecule has 6 aromatic carbocycles. The predicted octanol–water partition coefficient (Wildman–Crippen LogP) is 4.60. The Morgan fingerprint density at radius 1 is 0.528 bits per heavy atom. The Hall–Kier alpha value is -6.94. The molecular weight excluding hydrogens is 925 g/mol. The van der Waals surface area contributed by atoms with E-state index in [1.807, 2.05) is 106 Å². The summed E-state index contributed by atoms with van der Waals surface area (Å²) in [6.45, 7) is 0.0300. The number of benzene rings is 6. The van der Waals surface area contributed by atoms with Crippen molar-refractivity contribution >= 4 is 99.0 Å². The van der Waals surface area contributed by atoms with Gasteiger partial charge in [0, 0.05) is 81.4 Å². The van der Waals surface area contributed by atoms with Crippen LogP contribution in [0.3, 0.4) is 0 Å². The number of carbonyl (C=O) groups is 2. The number of amides is 2. The summed E-state index contributed by atoms with van der Waals surface area (Å²) < 4.78 is 26.9. The molecule has 8 heterocycles. The standard InChI is InChI=1S/2C27H25N3O6/c1-35-25-17(11-31)36-27(24(33)23(25)32)30-16-9-5-3-7-13(16)18-14-10-28-26(34)20(14)19-12-6-2-4-8-15(12)29-21(19)22(18)30;1-35-25-17(11-31)36-27(24(33)23(25)32)30-16-9-5-3-7-13(16)19-20-14(10-28-26(20)34)18-12-6-2-4-8-15(12)29-21(18)22(19)30/h2*2-9,17,23-25,27,29,31-33H,10-11H2,1H3,(H,28,34)/t2*17-,23-,24-,25-,27-/m11/s1. The summed E-state index contributed by atoms with van der Waals surface area (Å²) in [5.74, 6) is -0.269. The molecule has 368 valence electrons. The van der Waals surface area contributed by atoms with Crippen LogP contribution in [0.1, 0.15) is 44.3 Å². The summed E-state index contributed by atoms with van der Waals surface area (Å²) >= 11 is 0. The van der Waals surface area contributed by atoms with Crippen molar-refractivity contribution < 1.29 is 59.2 Å². The molecule has 10 N–H and O–H groups in total. The zero-order valence-corrected chi connectivity index (χ0v) is 38.9. The number of nitrogens with one attached hydrogen (secondary N) is 4. The van der Waals surface area contributed by atoms with E-state index in [1.54, 1.807) is 0 Å². The van der Waals surface area contributed by atoms with E-state index in [0.717, 1.165) is 92.8 Å². The van der Waals surface area contributed by atoms with Crippen molar-refractivity contribution in [1.29, 1.82) is 0 Å². The molecule has 2 saturated heterocycles. The number of carbonyl (C=O) groups excluding carboxylic acids is 2. The van der Waals surface area contributed by atoms with Crippen LogP contribution in [-0.4, -0.2) is 138 Å². The van der Waals surface area contributed by atoms with Gasteiger partial charge in [0.2, 0.25) is 0 Å². The van der Waals surface area contributed by atoms with E-state index in [9.17, 15) is 40.2 Å². The molecule has 4 aliphatic heterocycles. The van der Waals surface area contributed by atoms with Crippen LogP contribution in [0.15, 0.2) is 97.1 Å². The maximum absolute atomic E-state index is 13.2. The summed E-state index contributed by atoms with van der Waals surface area (Å²) in [4.78, 5) is 33.3. The van der Waals surface area contributed by atoms with E-state index < -0.39 is 67.9 Å². The average molecular weight is 975 g/mol. The fourth-order valence-corrected chi connectivity index (χ4v) is 12.4. The van der Waals surface area contributed by atoms with Crippen molar-refractivity contribution in [2.75, 3.05) is 27.4 Å². The van der Waals surface area contributed by atoms with E-state index in [0.29, 0.717) is 29.7 Å². The van der Waals surface area contributed by atoms with Gasteiger partial charge in [-0.2, -0.15) is 0 Å². The number of methoxy groups -OCH3 is 2. The Bertz CT molecular complexity index is 3870. The molecule has 0 bridgehead atoms. The van der Waals surface area contributed by atoms with Gasteiger partial charge in [0.05, 0.1) is 57.4 Å². The lowest BCUT2D eigenvalue weighted by Crippen LogP contribution is -2.57. The van der Waals surface area contributed by atoms with Gasteiger partial charge >= 0.3 is 0 Å². The Morgan fingerprint density at radius 2 is 0.931 bits per heavy atom. The summed E-state index contributed by atoms with van der Waals surface area (Å²) in [6.07, 6.45) is -10.8. The largest absolute Gasteiger partial charge is 0.394 e. The topological polar surface area (TPSA) is 258 Å². The number of H-pyrrole nitrogens is 2. The molecule has 18 heteroatoms. The first-order chi connectivity index (χ1) is 35.1. The lowest BCUT2D eigenvalue weighted by atomic mass is 9.96. The molecule has 10 aromatic rings. The minimum absolute atomic E-state index is 0.119. The Morgan fingerprint density at radius 3 is 1.43 bits per heavy atom. The molecular formula is C54H50N6O12. The predicted molar refractivity (Wildman–Crippen MR) is 268 cm³/mol. The molecule has 0 spiro atoms. The number of nitrogens with zero attached hydrogens (tertiary/aromatic N) is 2. The number of aromatic amines is 2. The van der Waals surface area contributed by atoms with Crippen LogP contribution in [0.2, 0.25) is 0 Å². The Kier molecular flexibility index (Phi) is 10.5. The van der Waals surface area contributed by atoms with Crippen molar-refractivity contribution in [3.8, 4) is 0 Å². The highest BCUT2D eigenvalue weighted by molar-refractivity contribution is 6.32. The number of para-hydroxylation sites is 4. The van der Waals surface area contributed by atoms with Gasteiger partial charge in [0.15, 0.2) is 12.5 Å². The number of aromatic nitrogens is 4. The number of hydrogen-bond donors (Lipinski definition) is 10. The third-order valence-corrected chi connectivity index (χ3v) is 15.5. The third kappa shape index (κ3) is 6.13. The van der Waals surface area contributed by atoms with Gasteiger partial charge in [-0.1, -0.05) is 72.8 Å². The van der Waals surface area contributed by atoms with Crippen molar-refractivity contribution in [2.45, 2.75) is 74.4 Å². The molecule has 4 aliphatic rings. The van der Waals surface area contributed by atoms with E-state index in [4.69, 9.17) is 18.9 Å². The average Bonchev–Trinajstić information content (AvgIpc) is 4.27. The number of rotatable bonds is 6. The second kappa shape index (κ2) is 16.8. The second-order valence-electron chi connectivity index (χ2n) is 19.0. The summed E-state index contributed by atoms with van der Waals surface area (Å²) in [7, 11) is 2.82. The number of fused-ring (bicyclic) bond motifs is 20. The fraction of sp³-hybridized carbons (Fsp3) is 0.296. The van der Waals surface area contributed by atoms with Crippen LogP contribution in [0, 0.1) is 0 Å². The fourth-order valence-electron chi connectivity index (χ4n) is 12.4. The molecule has 0 unspecified atom stereocenters. The maximum Gasteiger partial charge on any atom is 0.252 e. The van der Waals surface area contributed by atoms with Crippen molar-refractivity contribution in [3.63, 3.8) is 0 Å². The van der Waals surface area contributed by atoms with Crippen LogP contribution in [0.25, 0.3) is 87.2 Å². The smallest absolute Gasteiger partial charge is 0.252 e. The summed E-state index contributed by atoms with van der Waals surface area (Å²) in [5.41, 5.74) is 9.44.